The molecule has 0 nitrogen and oxygen atoms in total. The van der Waals surface area contributed by atoms with Crippen LogP contribution in [0.4, 0.5) is 0 Å². The van der Waals surface area contributed by atoms with Gasteiger partial charge in [-0.1, -0.05) is 0 Å². The first kappa shape index (κ1) is 13.8. The van der Waals surface area contributed by atoms with Gasteiger partial charge in [-0.25, -0.2) is 0 Å². The molecule has 0 saturated heterocycles. The quantitative estimate of drug-likeness (QED) is 0.657. The Morgan fingerprint density at radius 2 is 1.79 bits per heavy atom. The molecular formula is C13H20W. The first-order chi connectivity index (χ1) is 6.47. The molecule has 14 heavy (non-hydrogen) atoms. The van der Waals surface area contributed by atoms with Gasteiger partial charge in [-0.05, 0) is 0 Å². The van der Waals surface area contributed by atoms with E-state index in [-0.39, 0.29) is 0 Å². The summed E-state index contributed by atoms with van der Waals surface area (Å²) in [6.45, 7) is 12.8. The van der Waals surface area contributed by atoms with Crippen LogP contribution in [-0.4, -0.2) is 4.40 Å². The van der Waals surface area contributed by atoms with E-state index in [2.05, 4.69) is 56.9 Å². The summed E-state index contributed by atoms with van der Waals surface area (Å²) in [6, 6.07) is 0. The fourth-order valence-corrected chi connectivity index (χ4v) is 2.14. The van der Waals surface area contributed by atoms with Crippen LogP contribution in [0, 0.1) is 11.8 Å². The third kappa shape index (κ3) is 6.27. The Labute approximate surface area is 99.2 Å². The summed E-state index contributed by atoms with van der Waals surface area (Å²) >= 11 is 1.50. The molecule has 0 aliphatic carbocycles. The van der Waals surface area contributed by atoms with Gasteiger partial charge in [0.2, 0.25) is 0 Å². The predicted molar refractivity (Wildman–Crippen MR) is 62.1 cm³/mol. The zero-order chi connectivity index (χ0) is 11.1. The van der Waals surface area contributed by atoms with Gasteiger partial charge in [0.1, 0.15) is 0 Å². The summed E-state index contributed by atoms with van der Waals surface area (Å²) in [6.07, 6.45) is 6.46. The number of allylic oxidation sites excluding steroid dienone is 5. The fourth-order valence-electron chi connectivity index (χ4n) is 0.915. The summed E-state index contributed by atoms with van der Waals surface area (Å²) in [4.78, 5) is 0. The molecule has 1 heteroatoms. The topological polar surface area (TPSA) is 0 Å². The minimum atomic E-state index is 0.594. The Morgan fingerprint density at radius 1 is 1.21 bits per heavy atom. The Balaban J connectivity index is 4.48. The molecule has 0 fully saturated rings. The van der Waals surface area contributed by atoms with Crippen molar-refractivity contribution >= 4 is 4.40 Å². The van der Waals surface area contributed by atoms with Crippen molar-refractivity contribution in [2.24, 2.45) is 11.8 Å². The number of rotatable bonds is 5. The van der Waals surface area contributed by atoms with Crippen molar-refractivity contribution in [1.29, 1.82) is 0 Å². The summed E-state index contributed by atoms with van der Waals surface area (Å²) in [5.41, 5.74) is 2.48. The standard InChI is InChI=1S/C13H20.W/c1-10(2)7-8-12(5)9-13(6)11(3)4;/h6-11H,5H2,1-4H3;/b8-7?,13-9+;. The van der Waals surface area contributed by atoms with Crippen molar-refractivity contribution in [1.82, 2.24) is 0 Å². The second kappa shape index (κ2) is 7.12. The van der Waals surface area contributed by atoms with Crippen LogP contribution in [0.1, 0.15) is 27.7 Å². The molecule has 0 spiro atoms. The minimum absolute atomic E-state index is 0.594. The van der Waals surface area contributed by atoms with E-state index in [9.17, 15) is 0 Å². The van der Waals surface area contributed by atoms with E-state index < -0.39 is 0 Å². The molecule has 78 valence electrons. The Bertz CT molecular complexity index is 254. The van der Waals surface area contributed by atoms with Gasteiger partial charge in [-0.2, -0.15) is 0 Å². The van der Waals surface area contributed by atoms with Gasteiger partial charge in [0.25, 0.3) is 0 Å². The van der Waals surface area contributed by atoms with Crippen molar-refractivity contribution in [2.75, 3.05) is 0 Å². The van der Waals surface area contributed by atoms with Crippen LogP contribution >= 0.6 is 0 Å². The number of hydrogen-bond donors (Lipinski definition) is 0. The van der Waals surface area contributed by atoms with Crippen LogP contribution in [-0.2, 0) is 19.4 Å². The van der Waals surface area contributed by atoms with E-state index in [1.54, 1.807) is 0 Å². The van der Waals surface area contributed by atoms with E-state index in [1.165, 1.54) is 24.9 Å². The first-order valence-corrected chi connectivity index (χ1v) is 6.70. The van der Waals surface area contributed by atoms with Crippen LogP contribution in [0.25, 0.3) is 0 Å². The molecule has 0 rings (SSSR count). The molecule has 0 heterocycles. The van der Waals surface area contributed by atoms with Crippen molar-refractivity contribution in [3.05, 3.63) is 36.0 Å². The molecule has 0 aromatic carbocycles. The summed E-state index contributed by atoms with van der Waals surface area (Å²) in [7, 11) is 0. The summed E-state index contributed by atoms with van der Waals surface area (Å²) in [5, 5.41) is 0. The van der Waals surface area contributed by atoms with Crippen LogP contribution in [0.3, 0.4) is 0 Å². The molecule has 0 aliphatic heterocycles. The van der Waals surface area contributed by atoms with Gasteiger partial charge >= 0.3 is 99.2 Å². The van der Waals surface area contributed by atoms with E-state index in [1.807, 2.05) is 0 Å². The van der Waals surface area contributed by atoms with E-state index in [4.69, 9.17) is 0 Å². The predicted octanol–water partition coefficient (Wildman–Crippen LogP) is 3.69. The molecule has 0 aromatic rings. The monoisotopic (exact) mass is 360 g/mol. The van der Waals surface area contributed by atoms with E-state index in [0.29, 0.717) is 11.8 Å². The third-order valence-corrected chi connectivity index (χ3v) is 2.83. The van der Waals surface area contributed by atoms with Crippen molar-refractivity contribution in [3.8, 4) is 0 Å². The molecule has 0 saturated carbocycles. The third-order valence-electron chi connectivity index (χ3n) is 1.85. The average Bonchev–Trinajstić information content (AvgIpc) is 2.10. The van der Waals surface area contributed by atoms with E-state index in [0.717, 1.165) is 5.57 Å². The Morgan fingerprint density at radius 3 is 2.14 bits per heavy atom. The second-order valence-corrected chi connectivity index (χ2v) is 4.94. The zero-order valence-corrected chi connectivity index (χ0v) is 12.5. The SMILES string of the molecule is C=C(C=CC(C)C)/C=C(\[CH]=[W])C(C)C. The number of hydrogen-bond acceptors (Lipinski definition) is 0. The molecule has 0 aliphatic rings. The Hall–Kier alpha value is -0.222. The summed E-state index contributed by atoms with van der Waals surface area (Å²) < 4.78 is 2.24. The fraction of sp³-hybridized carbons (Fsp3) is 0.462. The van der Waals surface area contributed by atoms with Crippen molar-refractivity contribution in [3.63, 3.8) is 0 Å². The van der Waals surface area contributed by atoms with Gasteiger partial charge in [-0.3, -0.25) is 0 Å². The van der Waals surface area contributed by atoms with E-state index >= 15 is 0 Å². The van der Waals surface area contributed by atoms with Crippen LogP contribution < -0.4 is 0 Å². The second-order valence-electron chi connectivity index (χ2n) is 4.09. The maximum absolute atomic E-state index is 4.02. The molecule has 0 bridgehead atoms. The molecule has 0 aromatic heterocycles. The van der Waals surface area contributed by atoms with Gasteiger partial charge in [0, 0.05) is 0 Å². The van der Waals surface area contributed by atoms with Crippen molar-refractivity contribution in [2.45, 2.75) is 27.7 Å². The normalized spacial score (nSPS) is 12.9. The molecule has 0 atom stereocenters. The van der Waals surface area contributed by atoms with Gasteiger partial charge in [0.15, 0.2) is 0 Å². The molecule has 0 unspecified atom stereocenters. The van der Waals surface area contributed by atoms with Gasteiger partial charge < -0.3 is 0 Å². The zero-order valence-electron chi connectivity index (χ0n) is 9.58. The van der Waals surface area contributed by atoms with Crippen LogP contribution in [0.5, 0.6) is 0 Å². The molecule has 0 N–H and O–H groups in total. The molecule has 0 amide bonds. The average molecular weight is 360 g/mol. The molecule has 0 radical (unpaired) electrons. The van der Waals surface area contributed by atoms with Gasteiger partial charge in [-0.15, -0.1) is 0 Å². The summed E-state index contributed by atoms with van der Waals surface area (Å²) in [5.74, 6) is 1.19. The van der Waals surface area contributed by atoms with Crippen LogP contribution in [0.15, 0.2) is 36.0 Å². The maximum atomic E-state index is 4.02. The van der Waals surface area contributed by atoms with Gasteiger partial charge in [0.05, 0.1) is 0 Å². The first-order valence-electron chi connectivity index (χ1n) is 5.01. The Kier molecular flexibility index (Phi) is 7.01. The van der Waals surface area contributed by atoms with Crippen LogP contribution in [0.2, 0.25) is 0 Å². The molecular weight excluding hydrogens is 340 g/mol. The van der Waals surface area contributed by atoms with Crippen molar-refractivity contribution < 1.29 is 19.4 Å².